The SMILES string of the molecule is CC(C)OCCN(C)C(=O)N1CCC(C)C1C(=O)O. The maximum Gasteiger partial charge on any atom is 0.326 e. The maximum atomic E-state index is 12.2. The number of hydrogen-bond donors (Lipinski definition) is 1. The number of nitrogens with zero attached hydrogens (tertiary/aromatic N) is 2. The van der Waals surface area contributed by atoms with E-state index in [2.05, 4.69) is 0 Å². The van der Waals surface area contributed by atoms with Gasteiger partial charge in [-0.2, -0.15) is 0 Å². The Labute approximate surface area is 114 Å². The predicted molar refractivity (Wildman–Crippen MR) is 71.0 cm³/mol. The van der Waals surface area contributed by atoms with E-state index in [1.807, 2.05) is 20.8 Å². The van der Waals surface area contributed by atoms with E-state index >= 15 is 0 Å². The van der Waals surface area contributed by atoms with Gasteiger partial charge in [0.1, 0.15) is 6.04 Å². The van der Waals surface area contributed by atoms with Crippen molar-refractivity contribution in [3.05, 3.63) is 0 Å². The highest BCUT2D eigenvalue weighted by atomic mass is 16.5. The van der Waals surface area contributed by atoms with Gasteiger partial charge in [-0.05, 0) is 26.2 Å². The van der Waals surface area contributed by atoms with Crippen molar-refractivity contribution in [2.75, 3.05) is 26.7 Å². The summed E-state index contributed by atoms with van der Waals surface area (Å²) in [6.45, 7) is 7.17. The lowest BCUT2D eigenvalue weighted by Gasteiger charge is -2.28. The highest BCUT2D eigenvalue weighted by Gasteiger charge is 2.40. The number of carbonyl (C=O) groups excluding carboxylic acids is 1. The summed E-state index contributed by atoms with van der Waals surface area (Å²) >= 11 is 0. The van der Waals surface area contributed by atoms with E-state index in [9.17, 15) is 14.7 Å². The number of carbonyl (C=O) groups is 2. The van der Waals surface area contributed by atoms with Crippen molar-refractivity contribution in [3.63, 3.8) is 0 Å². The van der Waals surface area contributed by atoms with Crippen LogP contribution in [0.5, 0.6) is 0 Å². The van der Waals surface area contributed by atoms with Gasteiger partial charge in [-0.25, -0.2) is 9.59 Å². The molecule has 0 aliphatic carbocycles. The number of urea groups is 1. The van der Waals surface area contributed by atoms with Crippen molar-refractivity contribution in [2.45, 2.75) is 39.3 Å². The van der Waals surface area contributed by atoms with Gasteiger partial charge in [-0.3, -0.25) is 0 Å². The van der Waals surface area contributed by atoms with Crippen LogP contribution in [-0.2, 0) is 9.53 Å². The second-order valence-electron chi connectivity index (χ2n) is 5.37. The van der Waals surface area contributed by atoms with Crippen LogP contribution in [0.1, 0.15) is 27.2 Å². The van der Waals surface area contributed by atoms with Crippen LogP contribution < -0.4 is 0 Å². The molecule has 0 spiro atoms. The minimum atomic E-state index is -0.926. The van der Waals surface area contributed by atoms with E-state index in [1.165, 1.54) is 9.80 Å². The van der Waals surface area contributed by atoms with Crippen LogP contribution in [0.2, 0.25) is 0 Å². The van der Waals surface area contributed by atoms with Gasteiger partial charge in [0.2, 0.25) is 0 Å². The maximum absolute atomic E-state index is 12.2. The molecule has 0 aromatic carbocycles. The number of carboxylic acid groups (broad SMARTS) is 1. The molecule has 110 valence electrons. The van der Waals surface area contributed by atoms with Crippen molar-refractivity contribution >= 4 is 12.0 Å². The fraction of sp³-hybridized carbons (Fsp3) is 0.846. The number of likely N-dealkylation sites (N-methyl/N-ethyl adjacent to an activating group) is 1. The van der Waals surface area contributed by atoms with Gasteiger partial charge < -0.3 is 19.6 Å². The molecule has 19 heavy (non-hydrogen) atoms. The van der Waals surface area contributed by atoms with Gasteiger partial charge >= 0.3 is 12.0 Å². The molecule has 1 fully saturated rings. The summed E-state index contributed by atoms with van der Waals surface area (Å²) in [4.78, 5) is 26.4. The minimum absolute atomic E-state index is 0.00163. The Kier molecular flexibility index (Phi) is 5.60. The fourth-order valence-corrected chi connectivity index (χ4v) is 2.28. The lowest BCUT2D eigenvalue weighted by atomic mass is 10.0. The topological polar surface area (TPSA) is 70.1 Å². The first-order valence-corrected chi connectivity index (χ1v) is 6.70. The Bertz CT molecular complexity index is 333. The van der Waals surface area contributed by atoms with Gasteiger partial charge in [0, 0.05) is 20.1 Å². The van der Waals surface area contributed by atoms with Gasteiger partial charge in [-0.1, -0.05) is 6.92 Å². The number of amides is 2. The first-order chi connectivity index (χ1) is 8.84. The van der Waals surface area contributed by atoms with Crippen LogP contribution in [0, 0.1) is 5.92 Å². The molecule has 1 rings (SSSR count). The standard InChI is InChI=1S/C13H24N2O4/c1-9(2)19-8-7-14(4)13(18)15-6-5-10(3)11(15)12(16)17/h9-11H,5-8H2,1-4H3,(H,16,17). The summed E-state index contributed by atoms with van der Waals surface area (Å²) in [6, 6.07) is -0.940. The third-order valence-corrected chi connectivity index (χ3v) is 3.40. The second-order valence-corrected chi connectivity index (χ2v) is 5.37. The van der Waals surface area contributed by atoms with Crippen LogP contribution in [0.4, 0.5) is 4.79 Å². The number of rotatable bonds is 5. The van der Waals surface area contributed by atoms with Crippen LogP contribution >= 0.6 is 0 Å². The first-order valence-electron chi connectivity index (χ1n) is 6.70. The summed E-state index contributed by atoms with van der Waals surface area (Å²) < 4.78 is 5.39. The molecule has 0 bridgehead atoms. The highest BCUT2D eigenvalue weighted by molar-refractivity contribution is 5.83. The van der Waals surface area contributed by atoms with Crippen molar-refractivity contribution in [3.8, 4) is 0 Å². The predicted octanol–water partition coefficient (Wildman–Crippen LogP) is 1.26. The van der Waals surface area contributed by atoms with Crippen LogP contribution in [0.3, 0.4) is 0 Å². The molecule has 2 atom stereocenters. The van der Waals surface area contributed by atoms with E-state index in [4.69, 9.17) is 4.74 Å². The molecule has 0 aromatic heterocycles. The zero-order valence-corrected chi connectivity index (χ0v) is 12.1. The normalized spacial score (nSPS) is 22.9. The smallest absolute Gasteiger partial charge is 0.326 e. The molecule has 1 N–H and O–H groups in total. The van der Waals surface area contributed by atoms with Gasteiger partial charge in [-0.15, -0.1) is 0 Å². The Morgan fingerprint density at radius 3 is 2.63 bits per heavy atom. The molecule has 1 saturated heterocycles. The first kappa shape index (κ1) is 15.8. The third kappa shape index (κ3) is 4.09. The zero-order valence-electron chi connectivity index (χ0n) is 12.1. The molecule has 1 aliphatic heterocycles. The molecule has 0 aromatic rings. The summed E-state index contributed by atoms with van der Waals surface area (Å²) in [6.07, 6.45) is 0.862. The fourth-order valence-electron chi connectivity index (χ4n) is 2.28. The number of ether oxygens (including phenoxy) is 1. The molecular weight excluding hydrogens is 248 g/mol. The number of aliphatic carboxylic acids is 1. The Morgan fingerprint density at radius 2 is 2.11 bits per heavy atom. The van der Waals surface area contributed by atoms with Crippen molar-refractivity contribution in [1.82, 2.24) is 9.80 Å². The number of likely N-dealkylation sites (tertiary alicyclic amines) is 1. The lowest BCUT2D eigenvalue weighted by molar-refractivity contribution is -0.142. The summed E-state index contributed by atoms with van der Waals surface area (Å²) in [5, 5.41) is 9.20. The Hall–Kier alpha value is -1.30. The summed E-state index contributed by atoms with van der Waals surface area (Å²) in [7, 11) is 1.67. The van der Waals surface area contributed by atoms with Crippen LogP contribution in [-0.4, -0.2) is 65.8 Å². The third-order valence-electron chi connectivity index (χ3n) is 3.40. The van der Waals surface area contributed by atoms with E-state index in [1.54, 1.807) is 7.05 Å². The molecule has 0 saturated carbocycles. The van der Waals surface area contributed by atoms with Crippen molar-refractivity contribution < 1.29 is 19.4 Å². The molecule has 2 unspecified atom stereocenters. The van der Waals surface area contributed by atoms with Crippen molar-refractivity contribution in [2.24, 2.45) is 5.92 Å². The average molecular weight is 272 g/mol. The summed E-state index contributed by atoms with van der Waals surface area (Å²) in [5.41, 5.74) is 0. The lowest BCUT2D eigenvalue weighted by Crippen LogP contribution is -2.48. The Morgan fingerprint density at radius 1 is 1.47 bits per heavy atom. The molecule has 2 amide bonds. The van der Waals surface area contributed by atoms with E-state index in [0.717, 1.165) is 6.42 Å². The molecular formula is C13H24N2O4. The Balaban J connectivity index is 2.54. The highest BCUT2D eigenvalue weighted by Crippen LogP contribution is 2.25. The second kappa shape index (κ2) is 6.75. The monoisotopic (exact) mass is 272 g/mol. The van der Waals surface area contributed by atoms with Crippen LogP contribution in [0.15, 0.2) is 0 Å². The molecule has 1 aliphatic rings. The van der Waals surface area contributed by atoms with E-state index in [-0.39, 0.29) is 18.1 Å². The quantitative estimate of drug-likeness (QED) is 0.818. The van der Waals surface area contributed by atoms with Gasteiger partial charge in [0.25, 0.3) is 0 Å². The minimum Gasteiger partial charge on any atom is -0.480 e. The molecule has 6 heteroatoms. The average Bonchev–Trinajstić information content (AvgIpc) is 2.69. The molecule has 0 radical (unpaired) electrons. The zero-order chi connectivity index (χ0) is 14.6. The van der Waals surface area contributed by atoms with E-state index < -0.39 is 12.0 Å². The molecule has 6 nitrogen and oxygen atoms in total. The number of carboxylic acids is 1. The number of hydrogen-bond acceptors (Lipinski definition) is 3. The van der Waals surface area contributed by atoms with Crippen LogP contribution in [0.25, 0.3) is 0 Å². The summed E-state index contributed by atoms with van der Waals surface area (Å²) in [5.74, 6) is -0.924. The van der Waals surface area contributed by atoms with Gasteiger partial charge in [0.05, 0.1) is 12.7 Å². The van der Waals surface area contributed by atoms with Crippen molar-refractivity contribution in [1.29, 1.82) is 0 Å². The van der Waals surface area contributed by atoms with Gasteiger partial charge in [0.15, 0.2) is 0 Å². The molecule has 1 heterocycles. The largest absolute Gasteiger partial charge is 0.480 e. The van der Waals surface area contributed by atoms with E-state index in [0.29, 0.717) is 19.7 Å².